The number of benzene rings is 2. The van der Waals surface area contributed by atoms with Crippen LogP contribution in [0.25, 0.3) is 0 Å². The molecule has 2 N–H and O–H groups in total. The third kappa shape index (κ3) is 3.97. The lowest BCUT2D eigenvalue weighted by atomic mass is 10.1. The van der Waals surface area contributed by atoms with Crippen LogP contribution in [-0.2, 0) is 4.84 Å². The number of carbonyl (C=O) groups excluding carboxylic acids is 1. The van der Waals surface area contributed by atoms with Crippen molar-refractivity contribution >= 4 is 11.8 Å². The maximum Gasteiger partial charge on any atom is 0.369 e. The van der Waals surface area contributed by atoms with Crippen LogP contribution in [-0.4, -0.2) is 33.1 Å². The smallest absolute Gasteiger partial charge is 0.369 e. The number of ether oxygens (including phenoxy) is 3. The van der Waals surface area contributed by atoms with E-state index in [0.29, 0.717) is 11.3 Å². The quantitative estimate of drug-likeness (QED) is 0.373. The minimum absolute atomic E-state index is 0.0761. The van der Waals surface area contributed by atoms with E-state index >= 15 is 0 Å². The molecule has 0 saturated carbocycles. The number of hydrogen-bond acceptors (Lipinski definition) is 6. The van der Waals surface area contributed by atoms with Crippen molar-refractivity contribution < 1.29 is 28.2 Å². The van der Waals surface area contributed by atoms with E-state index in [2.05, 4.69) is 5.16 Å². The van der Waals surface area contributed by atoms with Gasteiger partial charge in [-0.2, -0.15) is 0 Å². The summed E-state index contributed by atoms with van der Waals surface area (Å²) in [4.78, 5) is 17.1. The van der Waals surface area contributed by atoms with Gasteiger partial charge in [0.15, 0.2) is 17.3 Å². The fourth-order valence-electron chi connectivity index (χ4n) is 2.08. The number of amidine groups is 1. The Morgan fingerprint density at radius 2 is 1.60 bits per heavy atom. The fourth-order valence-corrected chi connectivity index (χ4v) is 2.08. The summed E-state index contributed by atoms with van der Waals surface area (Å²) in [5, 5.41) is 3.57. The molecule has 0 unspecified atom stereocenters. The first-order valence-electron chi connectivity index (χ1n) is 7.11. The van der Waals surface area contributed by atoms with Crippen molar-refractivity contribution in [1.82, 2.24) is 0 Å². The van der Waals surface area contributed by atoms with Crippen molar-refractivity contribution in [2.75, 3.05) is 21.3 Å². The molecular formula is C17H17FN2O5. The summed E-state index contributed by atoms with van der Waals surface area (Å²) in [6.45, 7) is 0. The van der Waals surface area contributed by atoms with E-state index in [0.717, 1.165) is 0 Å². The molecule has 0 heterocycles. The van der Waals surface area contributed by atoms with Gasteiger partial charge in [0.05, 0.1) is 21.3 Å². The zero-order chi connectivity index (χ0) is 18.4. The van der Waals surface area contributed by atoms with Gasteiger partial charge in [0.25, 0.3) is 0 Å². The number of halogens is 1. The largest absolute Gasteiger partial charge is 0.493 e. The van der Waals surface area contributed by atoms with Crippen LogP contribution in [0.15, 0.2) is 41.6 Å². The highest BCUT2D eigenvalue weighted by molar-refractivity contribution is 5.99. The van der Waals surface area contributed by atoms with E-state index in [-0.39, 0.29) is 22.9 Å². The van der Waals surface area contributed by atoms with E-state index < -0.39 is 11.8 Å². The van der Waals surface area contributed by atoms with Gasteiger partial charge in [-0.3, -0.25) is 0 Å². The summed E-state index contributed by atoms with van der Waals surface area (Å²) in [7, 11) is 4.26. The van der Waals surface area contributed by atoms with E-state index in [4.69, 9.17) is 24.8 Å². The molecule has 0 saturated heterocycles. The van der Waals surface area contributed by atoms with Gasteiger partial charge in [-0.15, -0.1) is 0 Å². The van der Waals surface area contributed by atoms with E-state index in [1.807, 2.05) is 0 Å². The van der Waals surface area contributed by atoms with E-state index in [9.17, 15) is 9.18 Å². The Bertz CT molecular complexity index is 790. The third-order valence-corrected chi connectivity index (χ3v) is 3.29. The van der Waals surface area contributed by atoms with Crippen molar-refractivity contribution in [2.24, 2.45) is 10.9 Å². The molecule has 0 aliphatic carbocycles. The predicted octanol–water partition coefficient (Wildman–Crippen LogP) is 2.33. The standard InChI is InChI=1S/C17H17FN2O5/c1-22-13-9-8-12(14(23-2)15(13)24-3)17(21)25-20-16(19)10-4-6-11(18)7-5-10/h4-9H,1-3H3,(H2,19,20). The monoisotopic (exact) mass is 348 g/mol. The second-order valence-corrected chi connectivity index (χ2v) is 4.74. The Morgan fingerprint density at radius 1 is 0.960 bits per heavy atom. The summed E-state index contributed by atoms with van der Waals surface area (Å²) in [5.74, 6) is -0.512. The zero-order valence-corrected chi connectivity index (χ0v) is 13.9. The topological polar surface area (TPSA) is 92.4 Å². The molecule has 8 heteroatoms. The van der Waals surface area contributed by atoms with Crippen molar-refractivity contribution in [3.63, 3.8) is 0 Å². The average Bonchev–Trinajstić information content (AvgIpc) is 2.64. The van der Waals surface area contributed by atoms with Gasteiger partial charge in [0.1, 0.15) is 11.4 Å². The number of carbonyl (C=O) groups is 1. The fraction of sp³-hybridized carbons (Fsp3) is 0.176. The zero-order valence-electron chi connectivity index (χ0n) is 13.9. The molecule has 132 valence electrons. The first-order chi connectivity index (χ1) is 12.0. The second kappa shape index (κ2) is 8.00. The van der Waals surface area contributed by atoms with Crippen LogP contribution in [0, 0.1) is 5.82 Å². The number of methoxy groups -OCH3 is 3. The molecule has 7 nitrogen and oxygen atoms in total. The molecule has 0 aliphatic heterocycles. The van der Waals surface area contributed by atoms with E-state index in [1.165, 1.54) is 57.7 Å². The van der Waals surface area contributed by atoms with Crippen LogP contribution >= 0.6 is 0 Å². The van der Waals surface area contributed by atoms with Crippen molar-refractivity contribution in [3.8, 4) is 17.2 Å². The molecule has 2 rings (SSSR count). The van der Waals surface area contributed by atoms with Gasteiger partial charge in [-0.05, 0) is 36.4 Å². The first-order valence-corrected chi connectivity index (χ1v) is 7.11. The Morgan fingerprint density at radius 3 is 2.16 bits per heavy atom. The first kappa shape index (κ1) is 18.1. The van der Waals surface area contributed by atoms with Gasteiger partial charge >= 0.3 is 5.97 Å². The Hall–Kier alpha value is -3.29. The molecule has 0 radical (unpaired) electrons. The number of rotatable bonds is 6. The van der Waals surface area contributed by atoms with Crippen LogP contribution in [0.5, 0.6) is 17.2 Å². The molecule has 2 aromatic carbocycles. The van der Waals surface area contributed by atoms with Crippen molar-refractivity contribution in [1.29, 1.82) is 0 Å². The van der Waals surface area contributed by atoms with Crippen molar-refractivity contribution in [2.45, 2.75) is 0 Å². The number of hydrogen-bond donors (Lipinski definition) is 1. The highest BCUT2D eigenvalue weighted by Gasteiger charge is 2.22. The van der Waals surface area contributed by atoms with Crippen LogP contribution in [0.1, 0.15) is 15.9 Å². The van der Waals surface area contributed by atoms with Crippen molar-refractivity contribution in [3.05, 3.63) is 53.3 Å². The molecule has 0 aromatic heterocycles. The minimum atomic E-state index is -0.803. The number of nitrogens with zero attached hydrogens (tertiary/aromatic N) is 1. The van der Waals surface area contributed by atoms with Crippen LogP contribution < -0.4 is 19.9 Å². The Balaban J connectivity index is 2.26. The Kier molecular flexibility index (Phi) is 5.78. The lowest BCUT2D eigenvalue weighted by Gasteiger charge is -2.14. The Labute approximate surface area is 143 Å². The maximum atomic E-state index is 12.9. The van der Waals surface area contributed by atoms with Gasteiger partial charge in [0, 0.05) is 5.56 Å². The van der Waals surface area contributed by atoms with Gasteiger partial charge in [-0.25, -0.2) is 9.18 Å². The van der Waals surface area contributed by atoms with Crippen LogP contribution in [0.3, 0.4) is 0 Å². The highest BCUT2D eigenvalue weighted by atomic mass is 19.1. The number of oxime groups is 1. The van der Waals surface area contributed by atoms with Gasteiger partial charge in [0.2, 0.25) is 5.75 Å². The molecule has 25 heavy (non-hydrogen) atoms. The second-order valence-electron chi connectivity index (χ2n) is 4.74. The number of nitrogens with two attached hydrogens (primary N) is 1. The lowest BCUT2D eigenvalue weighted by molar-refractivity contribution is 0.0511. The van der Waals surface area contributed by atoms with Crippen LogP contribution in [0.4, 0.5) is 4.39 Å². The maximum absolute atomic E-state index is 12.9. The molecule has 0 atom stereocenters. The molecule has 0 bridgehead atoms. The molecule has 0 fully saturated rings. The normalized spacial score (nSPS) is 11.0. The summed E-state index contributed by atoms with van der Waals surface area (Å²) in [6, 6.07) is 8.25. The lowest BCUT2D eigenvalue weighted by Crippen LogP contribution is -2.15. The average molecular weight is 348 g/mol. The third-order valence-electron chi connectivity index (χ3n) is 3.29. The summed E-state index contributed by atoms with van der Waals surface area (Å²) >= 11 is 0. The summed E-state index contributed by atoms with van der Waals surface area (Å²) in [6.07, 6.45) is 0. The SMILES string of the molecule is COc1ccc(C(=O)O/N=C(\N)c2ccc(F)cc2)c(OC)c1OC. The van der Waals surface area contributed by atoms with Gasteiger partial charge in [-0.1, -0.05) is 5.16 Å². The molecule has 0 amide bonds. The molecular weight excluding hydrogens is 331 g/mol. The highest BCUT2D eigenvalue weighted by Crippen LogP contribution is 2.39. The molecule has 0 spiro atoms. The van der Waals surface area contributed by atoms with Crippen LogP contribution in [0.2, 0.25) is 0 Å². The predicted molar refractivity (Wildman–Crippen MR) is 88.6 cm³/mol. The molecule has 0 aliphatic rings. The minimum Gasteiger partial charge on any atom is -0.493 e. The van der Waals surface area contributed by atoms with Gasteiger partial charge < -0.3 is 24.8 Å². The summed E-state index contributed by atoms with van der Waals surface area (Å²) < 4.78 is 28.5. The molecule has 2 aromatic rings. The van der Waals surface area contributed by atoms with E-state index in [1.54, 1.807) is 0 Å². The summed E-state index contributed by atoms with van der Waals surface area (Å²) in [5.41, 5.74) is 6.21.